The number of halogens is 2. The van der Waals surface area contributed by atoms with Gasteiger partial charge in [-0.2, -0.15) is 0 Å². The molecular weight excluding hydrogens is 455 g/mol. The SMILES string of the molecule is COc1cc2ncnc(Nc3ccc(F)c(Cl)c3)c2cc1OCCn1c([N+](=O)[O-])cnc1C. The van der Waals surface area contributed by atoms with E-state index < -0.39 is 10.7 Å². The summed E-state index contributed by atoms with van der Waals surface area (Å²) in [5, 5.41) is 14.9. The number of rotatable bonds is 8. The minimum Gasteiger partial charge on any atom is -0.493 e. The number of ether oxygens (including phenoxy) is 2. The van der Waals surface area contributed by atoms with Gasteiger partial charge in [0.15, 0.2) is 17.3 Å². The summed E-state index contributed by atoms with van der Waals surface area (Å²) in [5.41, 5.74) is 1.13. The molecule has 2 heterocycles. The van der Waals surface area contributed by atoms with Crippen molar-refractivity contribution in [3.8, 4) is 11.5 Å². The van der Waals surface area contributed by atoms with E-state index in [1.807, 2.05) is 0 Å². The van der Waals surface area contributed by atoms with Gasteiger partial charge in [0.25, 0.3) is 0 Å². The summed E-state index contributed by atoms with van der Waals surface area (Å²) in [6.07, 6.45) is 2.60. The lowest BCUT2D eigenvalue weighted by molar-refractivity contribution is -0.392. The van der Waals surface area contributed by atoms with Crippen molar-refractivity contribution in [2.75, 3.05) is 19.0 Å². The van der Waals surface area contributed by atoms with Gasteiger partial charge in [0, 0.05) is 24.1 Å². The Morgan fingerprint density at radius 2 is 2.03 bits per heavy atom. The van der Waals surface area contributed by atoms with Crippen LogP contribution in [0.1, 0.15) is 5.82 Å². The Kier molecular flexibility index (Phi) is 6.22. The van der Waals surface area contributed by atoms with E-state index in [-0.39, 0.29) is 24.0 Å². The fourth-order valence-electron chi connectivity index (χ4n) is 3.27. The Labute approximate surface area is 192 Å². The van der Waals surface area contributed by atoms with Crippen molar-refractivity contribution in [2.45, 2.75) is 13.5 Å². The molecule has 0 radical (unpaired) electrons. The van der Waals surface area contributed by atoms with Crippen LogP contribution in [0.2, 0.25) is 5.02 Å². The monoisotopic (exact) mass is 472 g/mol. The van der Waals surface area contributed by atoms with E-state index in [4.69, 9.17) is 21.1 Å². The van der Waals surface area contributed by atoms with Crippen molar-refractivity contribution in [3.63, 3.8) is 0 Å². The van der Waals surface area contributed by atoms with Crippen LogP contribution in [0.5, 0.6) is 11.5 Å². The molecule has 170 valence electrons. The smallest absolute Gasteiger partial charge is 0.342 e. The van der Waals surface area contributed by atoms with Crippen LogP contribution in [-0.2, 0) is 6.54 Å². The molecule has 0 spiro atoms. The highest BCUT2D eigenvalue weighted by atomic mass is 35.5. The Balaban J connectivity index is 1.61. The molecule has 0 aliphatic rings. The first-order chi connectivity index (χ1) is 15.9. The number of fused-ring (bicyclic) bond motifs is 1. The highest BCUT2D eigenvalue weighted by molar-refractivity contribution is 6.31. The second-order valence-corrected chi connectivity index (χ2v) is 7.32. The average molecular weight is 473 g/mol. The Hall–Kier alpha value is -3.99. The normalized spacial score (nSPS) is 10.9. The van der Waals surface area contributed by atoms with E-state index in [0.717, 1.165) is 0 Å². The van der Waals surface area contributed by atoms with Crippen LogP contribution in [-0.4, -0.2) is 38.2 Å². The predicted molar refractivity (Wildman–Crippen MR) is 120 cm³/mol. The van der Waals surface area contributed by atoms with Gasteiger partial charge in [-0.05, 0) is 29.2 Å². The van der Waals surface area contributed by atoms with Crippen molar-refractivity contribution in [3.05, 3.63) is 69.6 Å². The quantitative estimate of drug-likeness (QED) is 0.290. The van der Waals surface area contributed by atoms with Crippen molar-refractivity contribution >= 4 is 39.8 Å². The highest BCUT2D eigenvalue weighted by Gasteiger charge is 2.18. The molecule has 0 aliphatic heterocycles. The number of hydrogen-bond donors (Lipinski definition) is 1. The van der Waals surface area contributed by atoms with Gasteiger partial charge >= 0.3 is 5.82 Å². The second-order valence-electron chi connectivity index (χ2n) is 6.92. The van der Waals surface area contributed by atoms with E-state index in [1.165, 1.54) is 42.4 Å². The van der Waals surface area contributed by atoms with Crippen molar-refractivity contribution in [2.24, 2.45) is 0 Å². The van der Waals surface area contributed by atoms with E-state index in [9.17, 15) is 14.5 Å². The molecule has 0 atom stereocenters. The van der Waals surface area contributed by atoms with Gasteiger partial charge in [0.1, 0.15) is 37.3 Å². The molecule has 4 aromatic rings. The van der Waals surface area contributed by atoms with Crippen LogP contribution >= 0.6 is 11.6 Å². The number of hydrogen-bond acceptors (Lipinski definition) is 8. The number of anilines is 2. The largest absolute Gasteiger partial charge is 0.493 e. The number of nitrogens with zero attached hydrogens (tertiary/aromatic N) is 5. The maximum atomic E-state index is 13.5. The zero-order valence-electron chi connectivity index (χ0n) is 17.6. The predicted octanol–water partition coefficient (Wildman–Crippen LogP) is 4.67. The second kappa shape index (κ2) is 9.25. The zero-order valence-corrected chi connectivity index (χ0v) is 18.3. The lowest BCUT2D eigenvalue weighted by atomic mass is 10.2. The van der Waals surface area contributed by atoms with Crippen LogP contribution in [0, 0.1) is 22.9 Å². The van der Waals surface area contributed by atoms with Gasteiger partial charge in [-0.1, -0.05) is 11.6 Å². The summed E-state index contributed by atoms with van der Waals surface area (Å²) >= 11 is 5.87. The molecular formula is C21H18ClFN6O4. The van der Waals surface area contributed by atoms with Gasteiger partial charge < -0.3 is 24.9 Å². The number of aryl methyl sites for hydroxylation is 1. The van der Waals surface area contributed by atoms with Crippen LogP contribution in [0.3, 0.4) is 0 Å². The Morgan fingerprint density at radius 1 is 1.21 bits per heavy atom. The van der Waals surface area contributed by atoms with Gasteiger partial charge in [-0.25, -0.2) is 23.9 Å². The number of imidazole rings is 1. The fraction of sp³-hybridized carbons (Fsp3) is 0.190. The first-order valence-electron chi connectivity index (χ1n) is 9.71. The molecule has 0 amide bonds. The van der Waals surface area contributed by atoms with Crippen molar-refractivity contribution in [1.29, 1.82) is 0 Å². The molecule has 12 heteroatoms. The first-order valence-corrected chi connectivity index (χ1v) is 10.1. The molecule has 0 unspecified atom stereocenters. The third kappa shape index (κ3) is 4.62. The number of aromatic nitrogens is 4. The fourth-order valence-corrected chi connectivity index (χ4v) is 3.45. The summed E-state index contributed by atoms with van der Waals surface area (Å²) in [6, 6.07) is 7.64. The lowest BCUT2D eigenvalue weighted by Crippen LogP contribution is -2.12. The molecule has 0 aliphatic carbocycles. The van der Waals surface area contributed by atoms with E-state index >= 15 is 0 Å². The third-order valence-electron chi connectivity index (χ3n) is 4.90. The minimum atomic E-state index is -0.524. The van der Waals surface area contributed by atoms with Crippen LogP contribution in [0.25, 0.3) is 10.9 Å². The number of benzene rings is 2. The molecule has 2 aromatic heterocycles. The van der Waals surface area contributed by atoms with Gasteiger partial charge in [-0.15, -0.1) is 0 Å². The van der Waals surface area contributed by atoms with Crippen molar-refractivity contribution in [1.82, 2.24) is 19.5 Å². The lowest BCUT2D eigenvalue weighted by Gasteiger charge is -2.14. The number of nitro groups is 1. The molecule has 33 heavy (non-hydrogen) atoms. The summed E-state index contributed by atoms with van der Waals surface area (Å²) in [4.78, 5) is 23.2. The standard InChI is InChI=1S/C21H18ClFN6O4/c1-12-24-10-20(29(30)31)28(12)5-6-33-19-8-14-17(9-18(19)32-2)25-11-26-21(14)27-13-3-4-16(23)15(22)7-13/h3-4,7-11H,5-6H2,1-2H3,(H,25,26,27). The molecule has 10 nitrogen and oxygen atoms in total. The van der Waals surface area contributed by atoms with Crippen LogP contribution in [0.4, 0.5) is 21.7 Å². The molecule has 4 rings (SSSR count). The van der Waals surface area contributed by atoms with Gasteiger partial charge in [-0.3, -0.25) is 0 Å². The first kappa shape index (κ1) is 22.2. The molecule has 0 bridgehead atoms. The van der Waals surface area contributed by atoms with E-state index in [1.54, 1.807) is 19.1 Å². The van der Waals surface area contributed by atoms with Crippen molar-refractivity contribution < 1.29 is 18.8 Å². The average Bonchev–Trinajstić information content (AvgIpc) is 3.17. The summed E-state index contributed by atoms with van der Waals surface area (Å²) in [5.74, 6) is 1.17. The van der Waals surface area contributed by atoms with E-state index in [2.05, 4.69) is 20.3 Å². The van der Waals surface area contributed by atoms with Gasteiger partial charge in [0.05, 0.1) is 17.6 Å². The summed E-state index contributed by atoms with van der Waals surface area (Å²) in [6.45, 7) is 2.03. The maximum absolute atomic E-state index is 13.5. The summed E-state index contributed by atoms with van der Waals surface area (Å²) < 4.78 is 26.3. The molecule has 0 saturated heterocycles. The molecule has 0 fully saturated rings. The molecule has 2 aromatic carbocycles. The number of methoxy groups -OCH3 is 1. The molecule has 0 saturated carbocycles. The Bertz CT molecular complexity index is 1350. The maximum Gasteiger partial charge on any atom is 0.342 e. The minimum absolute atomic E-state index is 0.0204. The summed E-state index contributed by atoms with van der Waals surface area (Å²) in [7, 11) is 1.50. The van der Waals surface area contributed by atoms with E-state index in [0.29, 0.717) is 39.7 Å². The highest BCUT2D eigenvalue weighted by Crippen LogP contribution is 2.35. The Morgan fingerprint density at radius 3 is 2.76 bits per heavy atom. The zero-order chi connectivity index (χ0) is 23.5. The van der Waals surface area contributed by atoms with Gasteiger partial charge in [0.2, 0.25) is 0 Å². The number of nitrogens with one attached hydrogen (secondary N) is 1. The third-order valence-corrected chi connectivity index (χ3v) is 5.19. The van der Waals surface area contributed by atoms with Crippen LogP contribution < -0.4 is 14.8 Å². The van der Waals surface area contributed by atoms with Crippen LogP contribution in [0.15, 0.2) is 42.9 Å². The topological polar surface area (TPSA) is 117 Å². The molecule has 1 N–H and O–H groups in total.